The molecular weight excluding hydrogens is 418 g/mol. The average molecular weight is 448 g/mol. The lowest BCUT2D eigenvalue weighted by Crippen LogP contribution is -2.35. The zero-order valence-corrected chi connectivity index (χ0v) is 19.2. The van der Waals surface area contributed by atoms with Crippen LogP contribution in [0, 0.1) is 0 Å². The molecule has 0 radical (unpaired) electrons. The Hall–Kier alpha value is -2.70. The molecule has 7 heteroatoms. The number of hydrogen-bond acceptors (Lipinski definition) is 5. The van der Waals surface area contributed by atoms with E-state index in [1.165, 1.54) is 13.2 Å². The summed E-state index contributed by atoms with van der Waals surface area (Å²) < 4.78 is 16.5. The maximum absolute atomic E-state index is 12.9. The number of para-hydroxylation sites is 1. The lowest BCUT2D eigenvalue weighted by atomic mass is 10.1. The smallest absolute Gasteiger partial charge is 0.246 e. The molecule has 0 bridgehead atoms. The Balaban J connectivity index is 2.25. The molecule has 0 aliphatic rings. The van der Waals surface area contributed by atoms with Crippen LogP contribution in [0.25, 0.3) is 6.08 Å². The van der Waals surface area contributed by atoms with Crippen molar-refractivity contribution in [2.24, 2.45) is 0 Å². The van der Waals surface area contributed by atoms with Gasteiger partial charge in [0.05, 0.1) is 31.5 Å². The molecule has 2 aromatic carbocycles. The van der Waals surface area contributed by atoms with E-state index in [1.54, 1.807) is 30.0 Å². The number of hydrogen-bond donors (Lipinski definition) is 1. The van der Waals surface area contributed by atoms with Crippen LogP contribution >= 0.6 is 11.6 Å². The molecule has 168 valence electrons. The second kappa shape index (κ2) is 12.2. The van der Waals surface area contributed by atoms with Crippen LogP contribution in [0.1, 0.15) is 31.9 Å². The molecule has 2 aromatic rings. The van der Waals surface area contributed by atoms with Crippen LogP contribution < -0.4 is 14.2 Å². The summed E-state index contributed by atoms with van der Waals surface area (Å²) in [5.74, 6) is 1.45. The van der Waals surface area contributed by atoms with Gasteiger partial charge >= 0.3 is 0 Å². The summed E-state index contributed by atoms with van der Waals surface area (Å²) in [6, 6.07) is 11.0. The number of carbonyl (C=O) groups is 1. The van der Waals surface area contributed by atoms with E-state index in [0.29, 0.717) is 41.8 Å². The van der Waals surface area contributed by atoms with E-state index < -0.39 is 6.10 Å². The molecule has 0 heterocycles. The Kier molecular flexibility index (Phi) is 9.69. The number of halogens is 1. The fraction of sp³-hybridized carbons (Fsp3) is 0.375. The van der Waals surface area contributed by atoms with Crippen molar-refractivity contribution in [1.29, 1.82) is 0 Å². The minimum atomic E-state index is -0.670. The Labute approximate surface area is 189 Å². The van der Waals surface area contributed by atoms with Crippen molar-refractivity contribution in [2.45, 2.75) is 33.4 Å². The summed E-state index contributed by atoms with van der Waals surface area (Å²) in [6.45, 7) is 6.93. The van der Waals surface area contributed by atoms with Crippen molar-refractivity contribution in [3.8, 4) is 17.2 Å². The number of ether oxygens (including phenoxy) is 3. The van der Waals surface area contributed by atoms with Gasteiger partial charge in [0.15, 0.2) is 11.5 Å². The van der Waals surface area contributed by atoms with Gasteiger partial charge in [-0.05, 0) is 50.6 Å². The normalized spacial score (nSPS) is 11.9. The van der Waals surface area contributed by atoms with Gasteiger partial charge in [-0.25, -0.2) is 0 Å². The predicted octanol–water partition coefficient (Wildman–Crippen LogP) is 4.57. The van der Waals surface area contributed by atoms with Gasteiger partial charge in [0, 0.05) is 24.7 Å². The lowest BCUT2D eigenvalue weighted by molar-refractivity contribution is -0.127. The first kappa shape index (κ1) is 24.6. The summed E-state index contributed by atoms with van der Waals surface area (Å²) in [6.07, 6.45) is 2.45. The maximum Gasteiger partial charge on any atom is 0.246 e. The van der Waals surface area contributed by atoms with Gasteiger partial charge in [-0.2, -0.15) is 0 Å². The number of amides is 1. The van der Waals surface area contributed by atoms with Crippen LogP contribution in [-0.2, 0) is 11.3 Å². The summed E-state index contributed by atoms with van der Waals surface area (Å²) in [5, 5.41) is 10.3. The van der Waals surface area contributed by atoms with Crippen molar-refractivity contribution in [2.75, 3.05) is 26.9 Å². The van der Waals surface area contributed by atoms with Crippen molar-refractivity contribution >= 4 is 23.6 Å². The molecular formula is C24H30ClNO5. The zero-order valence-electron chi connectivity index (χ0n) is 18.4. The first-order chi connectivity index (χ1) is 14.9. The van der Waals surface area contributed by atoms with Gasteiger partial charge in [-0.3, -0.25) is 4.79 Å². The van der Waals surface area contributed by atoms with Crippen molar-refractivity contribution < 1.29 is 24.1 Å². The molecule has 1 amide bonds. The Morgan fingerprint density at radius 1 is 1.16 bits per heavy atom. The van der Waals surface area contributed by atoms with Gasteiger partial charge in [-0.15, -0.1) is 0 Å². The standard InChI is InChI=1S/C24H30ClNO5/c1-5-30-21-10-8-7-9-19(21)16-26(15-17(3)27)23(28)12-11-18-13-20(25)24(29-4)22(14-18)31-6-2/h7-14,17,27H,5-6,15-16H2,1-4H3/b12-11-/t17-/m1/s1. The topological polar surface area (TPSA) is 68.2 Å². The second-order valence-electron chi connectivity index (χ2n) is 6.91. The van der Waals surface area contributed by atoms with Crippen LogP contribution in [-0.4, -0.2) is 48.9 Å². The second-order valence-corrected chi connectivity index (χ2v) is 7.32. The molecule has 2 rings (SSSR count). The molecule has 31 heavy (non-hydrogen) atoms. The van der Waals surface area contributed by atoms with Crippen molar-refractivity contribution in [3.05, 3.63) is 58.6 Å². The van der Waals surface area contributed by atoms with E-state index in [0.717, 1.165) is 11.3 Å². The molecule has 1 atom stereocenters. The first-order valence-corrected chi connectivity index (χ1v) is 10.6. The third kappa shape index (κ3) is 7.19. The molecule has 0 fully saturated rings. The van der Waals surface area contributed by atoms with Gasteiger partial charge in [-0.1, -0.05) is 29.8 Å². The van der Waals surface area contributed by atoms with Gasteiger partial charge < -0.3 is 24.2 Å². The van der Waals surface area contributed by atoms with Gasteiger partial charge in [0.25, 0.3) is 0 Å². The minimum absolute atomic E-state index is 0.192. The summed E-state index contributed by atoms with van der Waals surface area (Å²) >= 11 is 6.29. The average Bonchev–Trinajstić information content (AvgIpc) is 2.73. The molecule has 0 aliphatic heterocycles. The van der Waals surface area contributed by atoms with E-state index in [9.17, 15) is 9.90 Å². The largest absolute Gasteiger partial charge is 0.494 e. The van der Waals surface area contributed by atoms with Crippen LogP contribution in [0.5, 0.6) is 17.2 Å². The van der Waals surface area contributed by atoms with Crippen molar-refractivity contribution in [1.82, 2.24) is 4.90 Å². The molecule has 0 aliphatic carbocycles. The number of methoxy groups -OCH3 is 1. The Morgan fingerprint density at radius 3 is 2.48 bits per heavy atom. The molecule has 1 N–H and O–H groups in total. The summed E-state index contributed by atoms with van der Waals surface area (Å²) in [5.41, 5.74) is 1.58. The molecule has 0 spiro atoms. The van der Waals surface area contributed by atoms with E-state index in [1.807, 2.05) is 38.1 Å². The highest BCUT2D eigenvalue weighted by molar-refractivity contribution is 6.32. The van der Waals surface area contributed by atoms with E-state index >= 15 is 0 Å². The number of nitrogens with zero attached hydrogens (tertiary/aromatic N) is 1. The summed E-state index contributed by atoms with van der Waals surface area (Å²) in [7, 11) is 1.52. The quantitative estimate of drug-likeness (QED) is 0.511. The highest BCUT2D eigenvalue weighted by Gasteiger charge is 2.17. The fourth-order valence-corrected chi connectivity index (χ4v) is 3.40. The molecule has 0 saturated carbocycles. The van der Waals surface area contributed by atoms with Gasteiger partial charge in [0.1, 0.15) is 5.75 Å². The SMILES string of the molecule is CCOc1ccccc1CN(C[C@@H](C)O)C(=O)/C=C\c1cc(Cl)c(OC)c(OCC)c1. The third-order valence-electron chi connectivity index (χ3n) is 4.38. The fourth-order valence-electron chi connectivity index (χ4n) is 3.11. The van der Waals surface area contributed by atoms with E-state index in [-0.39, 0.29) is 12.5 Å². The first-order valence-electron chi connectivity index (χ1n) is 10.3. The molecule has 0 aromatic heterocycles. The number of aliphatic hydroxyl groups is 1. The number of benzene rings is 2. The Morgan fingerprint density at radius 2 is 1.84 bits per heavy atom. The Bertz CT molecular complexity index is 898. The summed E-state index contributed by atoms with van der Waals surface area (Å²) in [4.78, 5) is 14.5. The monoisotopic (exact) mass is 447 g/mol. The number of carbonyl (C=O) groups excluding carboxylic acids is 1. The van der Waals surface area contributed by atoms with Crippen LogP contribution in [0.4, 0.5) is 0 Å². The number of aliphatic hydroxyl groups excluding tert-OH is 1. The van der Waals surface area contributed by atoms with Crippen molar-refractivity contribution in [3.63, 3.8) is 0 Å². The van der Waals surface area contributed by atoms with Crippen LogP contribution in [0.3, 0.4) is 0 Å². The van der Waals surface area contributed by atoms with Crippen LogP contribution in [0.2, 0.25) is 5.02 Å². The predicted molar refractivity (Wildman–Crippen MR) is 123 cm³/mol. The van der Waals surface area contributed by atoms with E-state index in [2.05, 4.69) is 0 Å². The van der Waals surface area contributed by atoms with Gasteiger partial charge in [0.2, 0.25) is 5.91 Å². The maximum atomic E-state index is 12.9. The number of rotatable bonds is 11. The molecule has 6 nitrogen and oxygen atoms in total. The van der Waals surface area contributed by atoms with E-state index in [4.69, 9.17) is 25.8 Å². The molecule has 0 unspecified atom stereocenters. The lowest BCUT2D eigenvalue weighted by Gasteiger charge is -2.24. The van der Waals surface area contributed by atoms with Crippen LogP contribution in [0.15, 0.2) is 42.5 Å². The zero-order chi connectivity index (χ0) is 22.8. The minimum Gasteiger partial charge on any atom is -0.494 e. The third-order valence-corrected chi connectivity index (χ3v) is 4.66. The molecule has 0 saturated heterocycles. The highest BCUT2D eigenvalue weighted by atomic mass is 35.5. The highest BCUT2D eigenvalue weighted by Crippen LogP contribution is 2.36.